The van der Waals surface area contributed by atoms with Crippen molar-refractivity contribution in [1.29, 1.82) is 0 Å². The van der Waals surface area contributed by atoms with Crippen LogP contribution in [0.5, 0.6) is 23.0 Å². The first-order valence-corrected chi connectivity index (χ1v) is 15.7. The van der Waals surface area contributed by atoms with Crippen LogP contribution in [0.3, 0.4) is 0 Å². The summed E-state index contributed by atoms with van der Waals surface area (Å²) in [5.74, 6) is 1.12. The Balaban J connectivity index is 0. The van der Waals surface area contributed by atoms with Gasteiger partial charge in [-0.1, -0.05) is 72.8 Å². The van der Waals surface area contributed by atoms with E-state index in [9.17, 15) is 4.79 Å². The molecular formula is C40H40N2O13Yb3. The number of fused-ring (bicyclic) bond motifs is 3. The van der Waals surface area contributed by atoms with Gasteiger partial charge in [0.05, 0.1) is 5.56 Å². The minimum Gasteiger partial charge on any atom is -0.665 e. The van der Waals surface area contributed by atoms with E-state index in [0.717, 1.165) is 21.8 Å². The van der Waals surface area contributed by atoms with E-state index in [4.69, 9.17) is 45.2 Å². The zero-order valence-corrected chi connectivity index (χ0v) is 34.8. The summed E-state index contributed by atoms with van der Waals surface area (Å²) in [6.07, 6.45) is 7.08. The van der Waals surface area contributed by atoms with Crippen molar-refractivity contribution in [3.05, 3.63) is 177 Å². The summed E-state index contributed by atoms with van der Waals surface area (Å²) in [6.45, 7) is 0. The van der Waals surface area contributed by atoms with E-state index in [0.29, 0.717) is 39.7 Å². The van der Waals surface area contributed by atoms with E-state index >= 15 is 0 Å². The molecule has 58 heavy (non-hydrogen) atoms. The van der Waals surface area contributed by atoms with Crippen LogP contribution in [0.15, 0.2) is 134 Å². The van der Waals surface area contributed by atoms with Gasteiger partial charge in [0.2, 0.25) is 0 Å². The molecule has 0 radical (unpaired) electrons. The third kappa shape index (κ3) is 17.7. The summed E-state index contributed by atoms with van der Waals surface area (Å²) in [7, 11) is 0. The zero-order valence-electron chi connectivity index (χ0n) is 29.6. The van der Waals surface area contributed by atoms with Crippen molar-refractivity contribution in [3.63, 3.8) is 0 Å². The van der Waals surface area contributed by atoms with Gasteiger partial charge < -0.3 is 72.3 Å². The molecule has 0 atom stereocenters. The fourth-order valence-electron chi connectivity index (χ4n) is 4.74. The Hall–Kier alpha value is -1.81. The van der Waals surface area contributed by atoms with Gasteiger partial charge in [0, 0.05) is 111 Å². The SMILES string of the molecule is C1=C[N-]c2c3c(ccc2=C1)=CC=C[N-]3.O.O.O.O=C(O)c1ccc(Oc2ccc(C(O)O)cc2)cc1.OC(O)c1ccc(Oc2ccc(C(O)O)cc2)cc1.[Yb+2].[Yb].[Yb]. The third-order valence-electron chi connectivity index (χ3n) is 7.45. The molecule has 2 aliphatic heterocycles. The third-order valence-corrected chi connectivity index (χ3v) is 7.45. The molecule has 0 amide bonds. The van der Waals surface area contributed by atoms with Crippen molar-refractivity contribution in [2.45, 2.75) is 18.9 Å². The molecular weight excluding hydrogens is 1240 g/mol. The molecule has 0 spiro atoms. The number of aliphatic hydroxyl groups excluding tert-OH is 3. The first-order chi connectivity index (χ1) is 25.1. The van der Waals surface area contributed by atoms with E-state index in [1.165, 1.54) is 24.3 Å². The molecule has 0 unspecified atom stereocenters. The maximum Gasteiger partial charge on any atom is 2.00 e. The smallest absolute Gasteiger partial charge is 0.665 e. The fourth-order valence-corrected chi connectivity index (χ4v) is 4.74. The van der Waals surface area contributed by atoms with Crippen LogP contribution in [-0.2, 0) is 0 Å². The Morgan fingerprint density at radius 1 is 0.466 bits per heavy atom. The standard InChI is InChI=1S/C14H14O5.C14H12O5.C12H8N2.3H2O.3Yb/c2*15-13(16)9-1-5-11(6-2-9)19-12-7-3-10(4-8-12)14(17)18;1-3-9-5-6-10-4-2-8-14-12(10)11(9)13-7-1;;;;;;/h1-8,13-18H;1-8,13,15-16H,(H,17,18);1-8H;3*1H2;;;/q;;-2;;;;;;+2. The molecule has 13 N–H and O–H groups in total. The second-order valence-electron chi connectivity index (χ2n) is 11.1. The van der Waals surface area contributed by atoms with Crippen LogP contribution in [0, 0.1) is 141 Å². The molecule has 18 heteroatoms. The molecule has 5 aromatic carbocycles. The topological polar surface area (TPSA) is 300 Å². The number of carbonyl (C=O) groups is 1. The maximum absolute atomic E-state index is 10.7. The van der Waals surface area contributed by atoms with Crippen LogP contribution in [0.2, 0.25) is 0 Å². The quantitative estimate of drug-likeness (QED) is 0.111. The Morgan fingerprint density at radius 2 is 0.741 bits per heavy atom. The van der Waals surface area contributed by atoms with Crippen molar-refractivity contribution < 1.29 is 207 Å². The van der Waals surface area contributed by atoms with Gasteiger partial charge in [-0.25, -0.2) is 4.79 Å². The minimum atomic E-state index is -1.51. The molecule has 0 bridgehead atoms. The molecule has 2 aliphatic rings. The first-order valence-electron chi connectivity index (χ1n) is 15.7. The molecule has 0 fully saturated rings. The molecule has 330 valence electrons. The summed E-state index contributed by atoms with van der Waals surface area (Å²) in [4.78, 5) is 10.7. The van der Waals surface area contributed by atoms with Crippen LogP contribution >= 0.6 is 0 Å². The van der Waals surface area contributed by atoms with Crippen LogP contribution in [0.1, 0.15) is 45.9 Å². The van der Waals surface area contributed by atoms with Gasteiger partial charge in [-0.3, -0.25) is 0 Å². The van der Waals surface area contributed by atoms with Crippen molar-refractivity contribution in [2.24, 2.45) is 0 Å². The molecule has 0 aromatic heterocycles. The Morgan fingerprint density at radius 3 is 1.00 bits per heavy atom. The number of hydrogen-bond acceptors (Lipinski definition) is 9. The Labute approximate surface area is 448 Å². The Bertz CT molecular complexity index is 2050. The number of ether oxygens (including phenoxy) is 2. The average Bonchev–Trinajstić information content (AvgIpc) is 3.16. The van der Waals surface area contributed by atoms with Gasteiger partial charge in [0.1, 0.15) is 23.0 Å². The van der Waals surface area contributed by atoms with E-state index in [2.05, 4.69) is 34.9 Å². The molecule has 15 nitrogen and oxygen atoms in total. The molecule has 0 saturated heterocycles. The summed E-state index contributed by atoms with van der Waals surface area (Å²) in [5, 5.41) is 73.4. The molecule has 0 saturated carbocycles. The first kappa shape index (κ1) is 58.3. The maximum atomic E-state index is 10.7. The summed E-state index contributed by atoms with van der Waals surface area (Å²) < 4.78 is 11.0. The molecule has 2 heterocycles. The van der Waals surface area contributed by atoms with Gasteiger partial charge in [-0.05, 0) is 71.1 Å². The molecule has 0 aliphatic carbocycles. The monoisotopic (exact) mass is 1280 g/mol. The van der Waals surface area contributed by atoms with Gasteiger partial charge in [-0.15, -0.1) is 11.4 Å². The van der Waals surface area contributed by atoms with Gasteiger partial charge in [-0.2, -0.15) is 12.4 Å². The second-order valence-corrected chi connectivity index (χ2v) is 11.1. The van der Waals surface area contributed by atoms with E-state index in [1.54, 1.807) is 85.2 Å². The van der Waals surface area contributed by atoms with Crippen molar-refractivity contribution in [3.8, 4) is 23.0 Å². The number of benzene rings is 5. The summed E-state index contributed by atoms with van der Waals surface area (Å²) in [5.41, 5.74) is 3.27. The van der Waals surface area contributed by atoms with Crippen LogP contribution in [0.25, 0.3) is 22.8 Å². The number of aliphatic hydroxyl groups is 6. The number of carboxylic acid groups (broad SMARTS) is 1. The van der Waals surface area contributed by atoms with Crippen molar-refractivity contribution in [1.82, 2.24) is 0 Å². The predicted octanol–water partition coefficient (Wildman–Crippen LogP) is 3.44. The Kier molecular flexibility index (Phi) is 29.6. The van der Waals surface area contributed by atoms with Crippen molar-refractivity contribution >= 4 is 29.5 Å². The number of aromatic carboxylic acids is 1. The molecule has 7 rings (SSSR count). The second kappa shape index (κ2) is 29.4. The molecule has 5 aromatic rings. The normalized spacial score (nSPS) is 10.8. The van der Waals surface area contributed by atoms with Crippen LogP contribution in [-0.4, -0.2) is 58.1 Å². The zero-order chi connectivity index (χ0) is 37.0. The number of allylic oxidation sites excluding steroid dienone is 2. The van der Waals surface area contributed by atoms with Gasteiger partial charge in [0.25, 0.3) is 0 Å². The predicted molar refractivity (Wildman–Crippen MR) is 204 cm³/mol. The van der Waals surface area contributed by atoms with Gasteiger partial charge >= 0.3 is 52.9 Å². The average molecular weight is 1280 g/mol. The summed E-state index contributed by atoms with van der Waals surface area (Å²) in [6, 6.07) is 29.1. The number of carboxylic acids is 1. The van der Waals surface area contributed by atoms with E-state index < -0.39 is 24.8 Å². The minimum absolute atomic E-state index is 0. The number of hydrogen-bond donors (Lipinski definition) is 7. The number of rotatable bonds is 8. The van der Waals surface area contributed by atoms with Gasteiger partial charge in [0.15, 0.2) is 18.9 Å². The number of nitrogens with zero attached hydrogens (tertiary/aromatic N) is 2. The summed E-state index contributed by atoms with van der Waals surface area (Å²) >= 11 is 0. The van der Waals surface area contributed by atoms with Crippen LogP contribution in [0.4, 0.5) is 11.4 Å². The largest absolute Gasteiger partial charge is 2.00 e. The van der Waals surface area contributed by atoms with E-state index in [-0.39, 0.29) is 163 Å². The fraction of sp³-hybridized carbons (Fsp3) is 0.0750. The van der Waals surface area contributed by atoms with Crippen molar-refractivity contribution in [2.75, 3.05) is 0 Å². The van der Waals surface area contributed by atoms with E-state index in [1.807, 2.05) is 12.2 Å². The van der Waals surface area contributed by atoms with Crippen LogP contribution < -0.4 is 19.9 Å².